The smallest absolute Gasteiger partial charge is 0.253 e. The molecule has 0 spiro atoms. The fourth-order valence-electron chi connectivity index (χ4n) is 1.89. The van der Waals surface area contributed by atoms with Gasteiger partial charge in [0, 0.05) is 23.0 Å². The number of halogens is 2. The van der Waals surface area contributed by atoms with Crippen LogP contribution in [0.15, 0.2) is 41.6 Å². The van der Waals surface area contributed by atoms with Gasteiger partial charge >= 0.3 is 0 Å². The van der Waals surface area contributed by atoms with Crippen molar-refractivity contribution < 1.29 is 9.18 Å². The van der Waals surface area contributed by atoms with Crippen molar-refractivity contribution >= 4 is 29.3 Å². The van der Waals surface area contributed by atoms with Gasteiger partial charge in [-0.15, -0.1) is 11.8 Å². The van der Waals surface area contributed by atoms with Crippen molar-refractivity contribution in [1.29, 1.82) is 0 Å². The number of aromatic nitrogens is 1. The quantitative estimate of drug-likeness (QED) is 0.837. The van der Waals surface area contributed by atoms with Gasteiger partial charge in [0.1, 0.15) is 5.82 Å². The number of hydrogen-bond donors (Lipinski definition) is 1. The molecular formula is C16H14ClFN2OS. The summed E-state index contributed by atoms with van der Waals surface area (Å²) in [6.07, 6.45) is 3.70. The van der Waals surface area contributed by atoms with Gasteiger partial charge in [0.2, 0.25) is 0 Å². The second-order valence-electron chi connectivity index (χ2n) is 5.16. The van der Waals surface area contributed by atoms with Crippen LogP contribution in [0.4, 0.5) is 4.39 Å². The van der Waals surface area contributed by atoms with Gasteiger partial charge in [0.15, 0.2) is 0 Å². The predicted octanol–water partition coefficient (Wildman–Crippen LogP) is 4.06. The molecule has 1 aromatic carbocycles. The van der Waals surface area contributed by atoms with Crippen LogP contribution in [0.1, 0.15) is 28.8 Å². The van der Waals surface area contributed by atoms with Crippen molar-refractivity contribution in [2.45, 2.75) is 29.7 Å². The van der Waals surface area contributed by atoms with E-state index in [9.17, 15) is 9.18 Å². The summed E-state index contributed by atoms with van der Waals surface area (Å²) < 4.78 is 13.0. The minimum atomic E-state index is -0.345. The average molecular weight is 337 g/mol. The molecule has 1 aliphatic rings. The lowest BCUT2D eigenvalue weighted by Gasteiger charge is -2.06. The molecule has 114 valence electrons. The topological polar surface area (TPSA) is 42.0 Å². The fourth-order valence-corrected chi connectivity index (χ4v) is 3.05. The number of hydrogen-bond acceptors (Lipinski definition) is 3. The summed E-state index contributed by atoms with van der Waals surface area (Å²) in [4.78, 5) is 16.1. The number of amides is 1. The zero-order valence-corrected chi connectivity index (χ0v) is 13.3. The van der Waals surface area contributed by atoms with Crippen molar-refractivity contribution in [1.82, 2.24) is 10.3 Å². The third kappa shape index (κ3) is 3.99. The molecule has 1 heterocycles. The lowest BCUT2D eigenvalue weighted by Crippen LogP contribution is -2.25. The van der Waals surface area contributed by atoms with Gasteiger partial charge in [-0.2, -0.15) is 0 Å². The van der Waals surface area contributed by atoms with Gasteiger partial charge in [-0.05, 0) is 42.7 Å². The van der Waals surface area contributed by atoms with Gasteiger partial charge in [0.05, 0.1) is 10.6 Å². The maximum Gasteiger partial charge on any atom is 0.253 e. The molecule has 0 bridgehead atoms. The van der Waals surface area contributed by atoms with Crippen molar-refractivity contribution in [3.05, 3.63) is 58.5 Å². The normalized spacial score (nSPS) is 13.9. The van der Waals surface area contributed by atoms with E-state index in [-0.39, 0.29) is 11.7 Å². The number of nitrogens with zero attached hydrogens (tertiary/aromatic N) is 1. The van der Waals surface area contributed by atoms with E-state index < -0.39 is 0 Å². The first kappa shape index (κ1) is 15.3. The number of nitrogens with one attached hydrogen (secondary N) is 1. The maximum absolute atomic E-state index is 13.0. The number of carbonyl (C=O) groups is 1. The second-order valence-corrected chi connectivity index (χ2v) is 6.56. The van der Waals surface area contributed by atoms with Crippen LogP contribution < -0.4 is 5.32 Å². The zero-order valence-electron chi connectivity index (χ0n) is 11.7. The van der Waals surface area contributed by atoms with E-state index in [0.717, 1.165) is 23.4 Å². The van der Waals surface area contributed by atoms with Crippen LogP contribution in [0.5, 0.6) is 0 Å². The molecule has 22 heavy (non-hydrogen) atoms. The van der Waals surface area contributed by atoms with Crippen molar-refractivity contribution in [3.8, 4) is 0 Å². The lowest BCUT2D eigenvalue weighted by atomic mass is 10.2. The van der Waals surface area contributed by atoms with Crippen LogP contribution in [-0.2, 0) is 5.75 Å². The van der Waals surface area contributed by atoms with Gasteiger partial charge in [-0.3, -0.25) is 4.79 Å². The molecule has 0 aliphatic heterocycles. The molecule has 6 heteroatoms. The average Bonchev–Trinajstić information content (AvgIpc) is 3.31. The zero-order chi connectivity index (χ0) is 15.5. The Labute approximate surface area is 137 Å². The summed E-state index contributed by atoms with van der Waals surface area (Å²) >= 11 is 7.48. The van der Waals surface area contributed by atoms with Crippen LogP contribution in [0, 0.1) is 5.82 Å². The number of benzene rings is 1. The molecule has 0 unspecified atom stereocenters. The van der Waals surface area contributed by atoms with Gasteiger partial charge in [0.25, 0.3) is 5.91 Å². The Morgan fingerprint density at radius 1 is 1.36 bits per heavy atom. The Morgan fingerprint density at radius 2 is 2.18 bits per heavy atom. The lowest BCUT2D eigenvalue weighted by molar-refractivity contribution is 0.0950. The highest BCUT2D eigenvalue weighted by Crippen LogP contribution is 2.26. The standard InChI is InChI=1S/C16H14ClFN2OS/c17-14-7-12(18)3-1-11(14)9-22-15-6-2-10(8-19-15)16(21)20-13-4-5-13/h1-3,6-8,13H,4-5,9H2,(H,20,21). The van der Waals surface area contributed by atoms with Crippen molar-refractivity contribution in [2.24, 2.45) is 0 Å². The molecule has 1 N–H and O–H groups in total. The van der Waals surface area contributed by atoms with Crippen LogP contribution in [0.2, 0.25) is 5.02 Å². The molecule has 3 rings (SSSR count). The molecule has 1 aromatic heterocycles. The monoisotopic (exact) mass is 336 g/mol. The summed E-state index contributed by atoms with van der Waals surface area (Å²) in [5.74, 6) is 0.177. The molecule has 2 aromatic rings. The molecule has 0 atom stereocenters. The number of rotatable bonds is 5. The Kier molecular flexibility index (Phi) is 4.64. The first-order chi connectivity index (χ1) is 10.6. The van der Waals surface area contributed by atoms with E-state index >= 15 is 0 Å². The van der Waals surface area contributed by atoms with E-state index in [4.69, 9.17) is 11.6 Å². The third-order valence-electron chi connectivity index (χ3n) is 3.30. The fraction of sp³-hybridized carbons (Fsp3) is 0.250. The molecule has 3 nitrogen and oxygen atoms in total. The minimum Gasteiger partial charge on any atom is -0.349 e. The van der Waals surface area contributed by atoms with Gasteiger partial charge in [-0.25, -0.2) is 9.37 Å². The molecule has 0 saturated heterocycles. The highest BCUT2D eigenvalue weighted by Gasteiger charge is 2.23. The van der Waals surface area contributed by atoms with Crippen LogP contribution in [0.3, 0.4) is 0 Å². The summed E-state index contributed by atoms with van der Waals surface area (Å²) in [7, 11) is 0. The van der Waals surface area contributed by atoms with Crippen LogP contribution in [-0.4, -0.2) is 16.9 Å². The largest absolute Gasteiger partial charge is 0.349 e. The third-order valence-corrected chi connectivity index (χ3v) is 4.65. The Morgan fingerprint density at radius 3 is 2.82 bits per heavy atom. The summed E-state index contributed by atoms with van der Waals surface area (Å²) in [6, 6.07) is 8.27. The van der Waals surface area contributed by atoms with Crippen molar-refractivity contribution in [3.63, 3.8) is 0 Å². The predicted molar refractivity (Wildman–Crippen MR) is 85.7 cm³/mol. The van der Waals surface area contributed by atoms with E-state index in [1.807, 2.05) is 6.07 Å². The Bertz CT molecular complexity index is 689. The minimum absolute atomic E-state index is 0.0758. The van der Waals surface area contributed by atoms with E-state index in [2.05, 4.69) is 10.3 Å². The van der Waals surface area contributed by atoms with E-state index in [0.29, 0.717) is 22.4 Å². The highest BCUT2D eigenvalue weighted by molar-refractivity contribution is 7.98. The summed E-state index contributed by atoms with van der Waals surface area (Å²) in [5.41, 5.74) is 1.42. The SMILES string of the molecule is O=C(NC1CC1)c1ccc(SCc2ccc(F)cc2Cl)nc1. The highest BCUT2D eigenvalue weighted by atomic mass is 35.5. The molecule has 1 amide bonds. The van der Waals surface area contributed by atoms with E-state index in [1.54, 1.807) is 18.3 Å². The number of thioether (sulfide) groups is 1. The van der Waals surface area contributed by atoms with E-state index in [1.165, 1.54) is 23.9 Å². The number of carbonyl (C=O) groups excluding carboxylic acids is 1. The van der Waals surface area contributed by atoms with Crippen LogP contribution >= 0.6 is 23.4 Å². The maximum atomic E-state index is 13.0. The molecular weight excluding hydrogens is 323 g/mol. The van der Waals surface area contributed by atoms with Gasteiger partial charge < -0.3 is 5.32 Å². The first-order valence-electron chi connectivity index (χ1n) is 6.95. The Hall–Kier alpha value is -1.59. The summed E-state index contributed by atoms with van der Waals surface area (Å²) in [6.45, 7) is 0. The molecule has 1 saturated carbocycles. The van der Waals surface area contributed by atoms with Crippen LogP contribution in [0.25, 0.3) is 0 Å². The molecule has 0 radical (unpaired) electrons. The molecule has 1 fully saturated rings. The second kappa shape index (κ2) is 6.67. The first-order valence-corrected chi connectivity index (χ1v) is 8.32. The summed E-state index contributed by atoms with van der Waals surface area (Å²) in [5, 5.41) is 4.13. The Balaban J connectivity index is 1.59. The van der Waals surface area contributed by atoms with Crippen molar-refractivity contribution in [2.75, 3.05) is 0 Å². The number of pyridine rings is 1. The van der Waals surface area contributed by atoms with Gasteiger partial charge in [-0.1, -0.05) is 17.7 Å². The molecule has 1 aliphatic carbocycles.